The molecule has 0 saturated carbocycles. The van der Waals surface area contributed by atoms with Gasteiger partial charge in [0.2, 0.25) is 12.7 Å². The Morgan fingerprint density at radius 2 is 1.71 bits per heavy atom. The molecule has 1 aliphatic rings. The number of hydrogen-bond acceptors (Lipinski definition) is 5. The van der Waals surface area contributed by atoms with Crippen LogP contribution in [0.4, 0.5) is 11.4 Å². The number of carbonyl (C=O) groups is 1. The fourth-order valence-electron chi connectivity index (χ4n) is 3.01. The molecular weight excluding hydrogens is 416 g/mol. The molecule has 2 N–H and O–H groups in total. The number of fused-ring (bicyclic) bond motifs is 1. The van der Waals surface area contributed by atoms with Crippen molar-refractivity contribution in [2.24, 2.45) is 0 Å². The number of aryl methyl sites for hydroxylation is 1. The Balaban J connectivity index is 1.39. The van der Waals surface area contributed by atoms with Crippen molar-refractivity contribution in [3.05, 3.63) is 83.9 Å². The maximum absolute atomic E-state index is 12.6. The van der Waals surface area contributed by atoms with E-state index in [2.05, 4.69) is 10.0 Å². The summed E-state index contributed by atoms with van der Waals surface area (Å²) in [6.07, 6.45) is 3.05. The van der Waals surface area contributed by atoms with E-state index >= 15 is 0 Å². The molecule has 0 aromatic heterocycles. The Morgan fingerprint density at radius 3 is 2.48 bits per heavy atom. The van der Waals surface area contributed by atoms with E-state index in [9.17, 15) is 13.2 Å². The van der Waals surface area contributed by atoms with Gasteiger partial charge in [0.25, 0.3) is 10.0 Å². The van der Waals surface area contributed by atoms with Crippen LogP contribution in [0.5, 0.6) is 11.5 Å². The Bertz CT molecular complexity index is 1250. The van der Waals surface area contributed by atoms with Crippen molar-refractivity contribution >= 4 is 33.4 Å². The highest BCUT2D eigenvalue weighted by Gasteiger charge is 2.15. The molecule has 0 atom stereocenters. The monoisotopic (exact) mass is 436 g/mol. The Hall–Kier alpha value is -3.78. The van der Waals surface area contributed by atoms with Crippen LogP contribution in [0.25, 0.3) is 6.08 Å². The van der Waals surface area contributed by atoms with Gasteiger partial charge in [-0.1, -0.05) is 18.2 Å². The number of ether oxygens (including phenoxy) is 2. The zero-order valence-electron chi connectivity index (χ0n) is 16.7. The molecule has 4 rings (SSSR count). The number of anilines is 2. The molecule has 0 unspecified atom stereocenters. The van der Waals surface area contributed by atoms with E-state index in [0.717, 1.165) is 11.1 Å². The van der Waals surface area contributed by atoms with Crippen LogP contribution in [-0.4, -0.2) is 21.1 Å². The minimum Gasteiger partial charge on any atom is -0.454 e. The van der Waals surface area contributed by atoms with Crippen molar-refractivity contribution in [3.8, 4) is 11.5 Å². The molecular formula is C23H20N2O5S. The molecule has 8 heteroatoms. The zero-order chi connectivity index (χ0) is 21.8. The number of nitrogens with one attached hydrogen (secondary N) is 2. The number of carbonyl (C=O) groups excluding carboxylic acids is 1. The van der Waals surface area contributed by atoms with E-state index in [1.54, 1.807) is 36.4 Å². The summed E-state index contributed by atoms with van der Waals surface area (Å²) >= 11 is 0. The van der Waals surface area contributed by atoms with Crippen LogP contribution in [0.2, 0.25) is 0 Å². The first kappa shape index (κ1) is 20.5. The van der Waals surface area contributed by atoms with Gasteiger partial charge < -0.3 is 14.8 Å². The van der Waals surface area contributed by atoms with Gasteiger partial charge in [0.05, 0.1) is 4.90 Å². The number of benzene rings is 3. The molecule has 0 aliphatic carbocycles. The van der Waals surface area contributed by atoms with Gasteiger partial charge in [0.15, 0.2) is 11.5 Å². The lowest BCUT2D eigenvalue weighted by Gasteiger charge is -2.09. The third-order valence-corrected chi connectivity index (χ3v) is 5.92. The lowest BCUT2D eigenvalue weighted by Crippen LogP contribution is -2.13. The highest BCUT2D eigenvalue weighted by atomic mass is 32.2. The van der Waals surface area contributed by atoms with E-state index in [-0.39, 0.29) is 17.6 Å². The van der Waals surface area contributed by atoms with E-state index in [4.69, 9.17) is 9.47 Å². The minimum absolute atomic E-state index is 0.0999. The summed E-state index contributed by atoms with van der Waals surface area (Å²) in [7, 11) is -3.73. The van der Waals surface area contributed by atoms with Crippen LogP contribution in [0.15, 0.2) is 77.7 Å². The second-order valence-corrected chi connectivity index (χ2v) is 8.62. The normalized spacial score (nSPS) is 12.7. The van der Waals surface area contributed by atoms with Crippen LogP contribution in [-0.2, 0) is 14.8 Å². The summed E-state index contributed by atoms with van der Waals surface area (Å²) in [6, 6.07) is 18.4. The predicted molar refractivity (Wildman–Crippen MR) is 119 cm³/mol. The largest absolute Gasteiger partial charge is 0.454 e. The molecule has 3 aromatic carbocycles. The summed E-state index contributed by atoms with van der Waals surface area (Å²) in [5.74, 6) is 0.971. The molecule has 0 spiro atoms. The Labute approximate surface area is 180 Å². The number of hydrogen-bond donors (Lipinski definition) is 2. The number of rotatable bonds is 6. The summed E-state index contributed by atoms with van der Waals surface area (Å²) in [5, 5.41) is 2.70. The minimum atomic E-state index is -3.73. The molecule has 7 nitrogen and oxygen atoms in total. The molecule has 3 aromatic rings. The molecule has 1 aliphatic heterocycles. The van der Waals surface area contributed by atoms with Gasteiger partial charge in [-0.3, -0.25) is 9.52 Å². The van der Waals surface area contributed by atoms with Gasteiger partial charge in [-0.15, -0.1) is 0 Å². The Kier molecular flexibility index (Phi) is 5.64. The predicted octanol–water partition coefficient (Wildman–Crippen LogP) is 4.18. The average molecular weight is 436 g/mol. The number of amides is 1. The van der Waals surface area contributed by atoms with Crippen molar-refractivity contribution in [1.82, 2.24) is 0 Å². The first-order valence-electron chi connectivity index (χ1n) is 9.47. The number of sulfonamides is 1. The van der Waals surface area contributed by atoms with Gasteiger partial charge in [0.1, 0.15) is 0 Å². The van der Waals surface area contributed by atoms with Gasteiger partial charge in [0, 0.05) is 17.5 Å². The van der Waals surface area contributed by atoms with Crippen molar-refractivity contribution in [3.63, 3.8) is 0 Å². The molecule has 31 heavy (non-hydrogen) atoms. The second-order valence-electron chi connectivity index (χ2n) is 6.93. The van der Waals surface area contributed by atoms with Gasteiger partial charge in [-0.25, -0.2) is 8.42 Å². The molecule has 1 heterocycles. The van der Waals surface area contributed by atoms with Crippen LogP contribution in [0, 0.1) is 6.92 Å². The van der Waals surface area contributed by atoms with E-state index in [0.29, 0.717) is 22.9 Å². The summed E-state index contributed by atoms with van der Waals surface area (Å²) in [6.45, 7) is 2.07. The molecule has 0 bridgehead atoms. The smallest absolute Gasteiger partial charge is 0.261 e. The van der Waals surface area contributed by atoms with Crippen molar-refractivity contribution < 1.29 is 22.7 Å². The zero-order valence-corrected chi connectivity index (χ0v) is 17.5. The van der Waals surface area contributed by atoms with Crippen LogP contribution >= 0.6 is 0 Å². The highest BCUT2D eigenvalue weighted by molar-refractivity contribution is 7.92. The van der Waals surface area contributed by atoms with E-state index in [1.807, 2.05) is 19.1 Å². The molecule has 0 saturated heterocycles. The molecule has 0 fully saturated rings. The third kappa shape index (κ3) is 5.04. The van der Waals surface area contributed by atoms with Crippen molar-refractivity contribution in [2.75, 3.05) is 16.8 Å². The fraction of sp³-hybridized carbons (Fsp3) is 0.0870. The maximum Gasteiger partial charge on any atom is 0.261 e. The van der Waals surface area contributed by atoms with Gasteiger partial charge >= 0.3 is 0 Å². The summed E-state index contributed by atoms with van der Waals surface area (Å²) in [5.41, 5.74) is 2.72. The first-order valence-corrected chi connectivity index (χ1v) is 11.0. The average Bonchev–Trinajstić information content (AvgIpc) is 3.20. The topological polar surface area (TPSA) is 93.7 Å². The Morgan fingerprint density at radius 1 is 0.935 bits per heavy atom. The van der Waals surface area contributed by atoms with E-state index < -0.39 is 10.0 Å². The van der Waals surface area contributed by atoms with Crippen LogP contribution < -0.4 is 19.5 Å². The standard InChI is InChI=1S/C23H20N2O5S/c1-16-3-2-4-19(13-16)25-31(27,28)20-9-7-18(8-10-20)24-23(26)12-6-17-5-11-21-22(14-17)30-15-29-21/h2-14,25H,15H2,1H3,(H,24,26)/b12-6+. The van der Waals surface area contributed by atoms with Crippen molar-refractivity contribution in [2.45, 2.75) is 11.8 Å². The highest BCUT2D eigenvalue weighted by Crippen LogP contribution is 2.32. The maximum atomic E-state index is 12.6. The van der Waals surface area contributed by atoms with Crippen LogP contribution in [0.1, 0.15) is 11.1 Å². The first-order chi connectivity index (χ1) is 14.9. The molecule has 0 radical (unpaired) electrons. The molecule has 158 valence electrons. The fourth-order valence-corrected chi connectivity index (χ4v) is 4.06. The van der Waals surface area contributed by atoms with E-state index in [1.165, 1.54) is 30.3 Å². The quantitative estimate of drug-likeness (QED) is 0.566. The van der Waals surface area contributed by atoms with Crippen molar-refractivity contribution in [1.29, 1.82) is 0 Å². The second kappa shape index (κ2) is 8.53. The summed E-state index contributed by atoms with van der Waals surface area (Å²) in [4.78, 5) is 12.3. The SMILES string of the molecule is Cc1cccc(NS(=O)(=O)c2ccc(NC(=O)/C=C/c3ccc4c(c3)OCO4)cc2)c1. The van der Waals surface area contributed by atoms with Gasteiger partial charge in [-0.2, -0.15) is 0 Å². The third-order valence-electron chi connectivity index (χ3n) is 4.53. The lowest BCUT2D eigenvalue weighted by molar-refractivity contribution is -0.111. The molecule has 1 amide bonds. The van der Waals surface area contributed by atoms with Crippen LogP contribution in [0.3, 0.4) is 0 Å². The lowest BCUT2D eigenvalue weighted by atomic mass is 10.2. The summed E-state index contributed by atoms with van der Waals surface area (Å²) < 4.78 is 38.2. The van der Waals surface area contributed by atoms with Gasteiger partial charge in [-0.05, 0) is 72.7 Å².